The van der Waals surface area contributed by atoms with Gasteiger partial charge in [-0.2, -0.15) is 0 Å². The molecule has 24 heavy (non-hydrogen) atoms. The zero-order chi connectivity index (χ0) is 18.0. The highest BCUT2D eigenvalue weighted by atomic mass is 32.2. The van der Waals surface area contributed by atoms with Gasteiger partial charge < -0.3 is 5.32 Å². The Hall–Kier alpha value is -1.62. The van der Waals surface area contributed by atoms with Crippen LogP contribution in [0.3, 0.4) is 0 Å². The molecule has 130 valence electrons. The van der Waals surface area contributed by atoms with E-state index in [4.69, 9.17) is 4.98 Å². The van der Waals surface area contributed by atoms with Crippen molar-refractivity contribution in [3.63, 3.8) is 0 Å². The van der Waals surface area contributed by atoms with Crippen molar-refractivity contribution >= 4 is 28.6 Å². The minimum absolute atomic E-state index is 0.0341. The Morgan fingerprint density at radius 2 is 1.79 bits per heavy atom. The zero-order valence-electron chi connectivity index (χ0n) is 15.4. The molecule has 0 atom stereocenters. The van der Waals surface area contributed by atoms with Crippen LogP contribution in [-0.2, 0) is 10.2 Å². The Labute approximate surface area is 148 Å². The molecule has 0 aliphatic heterocycles. The van der Waals surface area contributed by atoms with Crippen LogP contribution in [-0.4, -0.2) is 27.2 Å². The van der Waals surface area contributed by atoms with Gasteiger partial charge in [0, 0.05) is 16.3 Å². The third-order valence-electron chi connectivity index (χ3n) is 3.94. The van der Waals surface area contributed by atoms with Gasteiger partial charge in [0.05, 0.1) is 11.3 Å². The van der Waals surface area contributed by atoms with Gasteiger partial charge in [0.25, 0.3) is 0 Å². The molecular weight excluding hydrogens is 318 g/mol. The summed E-state index contributed by atoms with van der Waals surface area (Å²) in [4.78, 5) is 21.6. The van der Waals surface area contributed by atoms with Crippen molar-refractivity contribution in [1.82, 2.24) is 15.3 Å². The van der Waals surface area contributed by atoms with Crippen molar-refractivity contribution < 1.29 is 4.79 Å². The number of fused-ring (bicyclic) bond motifs is 1. The van der Waals surface area contributed by atoms with Gasteiger partial charge in [-0.3, -0.25) is 4.79 Å². The van der Waals surface area contributed by atoms with Crippen LogP contribution < -0.4 is 5.32 Å². The molecular formula is C19H27N3OS. The van der Waals surface area contributed by atoms with Crippen LogP contribution in [0.15, 0.2) is 29.3 Å². The number of para-hydroxylation sites is 1. The number of hydrogen-bond acceptors (Lipinski definition) is 4. The first-order chi connectivity index (χ1) is 11.1. The summed E-state index contributed by atoms with van der Waals surface area (Å²) >= 11 is 1.48. The van der Waals surface area contributed by atoms with Gasteiger partial charge in [-0.25, -0.2) is 9.97 Å². The standard InChI is InChI=1S/C19H27N3OS/c1-7-19(5,6)22-15(23)12-24-16-13-10-8-9-11-14(13)20-17(21-16)18(2,3)4/h8-11H,7,12H2,1-6H3,(H,22,23). The van der Waals surface area contributed by atoms with Crippen molar-refractivity contribution in [3.8, 4) is 0 Å². The molecule has 1 heterocycles. The Kier molecular flexibility index (Phi) is 5.53. The molecule has 0 saturated carbocycles. The second kappa shape index (κ2) is 7.09. The Balaban J connectivity index is 2.26. The first-order valence-corrected chi connectivity index (χ1v) is 9.32. The Morgan fingerprint density at radius 1 is 1.12 bits per heavy atom. The first-order valence-electron chi connectivity index (χ1n) is 8.33. The maximum Gasteiger partial charge on any atom is 0.230 e. The minimum atomic E-state index is -0.179. The topological polar surface area (TPSA) is 54.9 Å². The lowest BCUT2D eigenvalue weighted by atomic mass is 9.95. The molecule has 0 saturated heterocycles. The average Bonchev–Trinajstić information content (AvgIpc) is 2.51. The summed E-state index contributed by atoms with van der Waals surface area (Å²) in [7, 11) is 0. The predicted molar refractivity (Wildman–Crippen MR) is 101 cm³/mol. The summed E-state index contributed by atoms with van der Waals surface area (Å²) in [6.45, 7) is 12.4. The second-order valence-electron chi connectivity index (χ2n) is 7.69. The largest absolute Gasteiger partial charge is 0.351 e. The number of aromatic nitrogens is 2. The fourth-order valence-corrected chi connectivity index (χ4v) is 2.95. The van der Waals surface area contributed by atoms with Crippen molar-refractivity contribution in [1.29, 1.82) is 0 Å². The van der Waals surface area contributed by atoms with Crippen molar-refractivity contribution in [3.05, 3.63) is 30.1 Å². The lowest BCUT2D eigenvalue weighted by Gasteiger charge is -2.24. The maximum absolute atomic E-state index is 12.2. The van der Waals surface area contributed by atoms with E-state index in [0.717, 1.165) is 28.2 Å². The molecule has 2 aromatic rings. The van der Waals surface area contributed by atoms with Gasteiger partial charge >= 0.3 is 0 Å². The normalized spacial score (nSPS) is 12.4. The number of thioether (sulfide) groups is 1. The molecule has 1 aromatic carbocycles. The highest BCUT2D eigenvalue weighted by Crippen LogP contribution is 2.29. The van der Waals surface area contributed by atoms with E-state index >= 15 is 0 Å². The smallest absolute Gasteiger partial charge is 0.230 e. The van der Waals surface area contributed by atoms with E-state index in [1.807, 2.05) is 38.1 Å². The number of nitrogens with zero attached hydrogens (tertiary/aromatic N) is 2. The number of carbonyl (C=O) groups excluding carboxylic acids is 1. The molecule has 0 bridgehead atoms. The van der Waals surface area contributed by atoms with E-state index in [9.17, 15) is 4.79 Å². The molecule has 4 nitrogen and oxygen atoms in total. The summed E-state index contributed by atoms with van der Waals surface area (Å²) in [6.07, 6.45) is 0.897. The van der Waals surface area contributed by atoms with Crippen LogP contribution in [0.25, 0.3) is 10.9 Å². The molecule has 1 amide bonds. The summed E-state index contributed by atoms with van der Waals surface area (Å²) in [6, 6.07) is 7.97. The molecule has 2 rings (SSSR count). The summed E-state index contributed by atoms with van der Waals surface area (Å²) in [5.41, 5.74) is 0.613. The lowest BCUT2D eigenvalue weighted by Crippen LogP contribution is -2.43. The van der Waals surface area contributed by atoms with Crippen LogP contribution in [0.2, 0.25) is 0 Å². The van der Waals surface area contributed by atoms with E-state index in [1.54, 1.807) is 0 Å². The molecule has 0 aliphatic carbocycles. The minimum Gasteiger partial charge on any atom is -0.351 e. The van der Waals surface area contributed by atoms with Crippen molar-refractivity contribution in [2.24, 2.45) is 0 Å². The van der Waals surface area contributed by atoms with E-state index < -0.39 is 0 Å². The van der Waals surface area contributed by atoms with Crippen LogP contribution in [0.5, 0.6) is 0 Å². The fourth-order valence-electron chi connectivity index (χ4n) is 2.13. The third-order valence-corrected chi connectivity index (χ3v) is 4.93. The summed E-state index contributed by atoms with van der Waals surface area (Å²) < 4.78 is 0. The maximum atomic E-state index is 12.2. The van der Waals surface area contributed by atoms with E-state index in [2.05, 4.69) is 38.0 Å². The van der Waals surface area contributed by atoms with Gasteiger partial charge in [-0.05, 0) is 26.3 Å². The Morgan fingerprint density at radius 3 is 2.42 bits per heavy atom. The third kappa shape index (κ3) is 4.69. The van der Waals surface area contributed by atoms with Gasteiger partial charge in [-0.15, -0.1) is 0 Å². The molecule has 1 N–H and O–H groups in total. The highest BCUT2D eigenvalue weighted by molar-refractivity contribution is 8.00. The molecule has 0 aliphatic rings. The first kappa shape index (κ1) is 18.7. The quantitative estimate of drug-likeness (QED) is 0.647. The Bertz CT molecular complexity index is 735. The second-order valence-corrected chi connectivity index (χ2v) is 8.66. The zero-order valence-corrected chi connectivity index (χ0v) is 16.3. The highest BCUT2D eigenvalue weighted by Gasteiger charge is 2.21. The molecule has 0 radical (unpaired) electrons. The number of amides is 1. The van der Waals surface area contributed by atoms with E-state index in [0.29, 0.717) is 5.75 Å². The average molecular weight is 346 g/mol. The van der Waals surface area contributed by atoms with Crippen molar-refractivity contribution in [2.75, 3.05) is 5.75 Å². The molecule has 0 fully saturated rings. The predicted octanol–water partition coefficient (Wildman–Crippen LogP) is 4.32. The van der Waals surface area contributed by atoms with Crippen molar-refractivity contribution in [2.45, 2.75) is 63.9 Å². The SMILES string of the molecule is CCC(C)(C)NC(=O)CSc1nc(C(C)(C)C)nc2ccccc12. The van der Waals surface area contributed by atoms with Gasteiger partial charge in [-0.1, -0.05) is 57.7 Å². The fraction of sp³-hybridized carbons (Fsp3) is 0.526. The number of nitrogens with one attached hydrogen (secondary N) is 1. The van der Waals surface area contributed by atoms with Crippen LogP contribution in [0, 0.1) is 0 Å². The van der Waals surface area contributed by atoms with Crippen LogP contribution in [0.4, 0.5) is 0 Å². The van der Waals surface area contributed by atoms with E-state index in [1.165, 1.54) is 11.8 Å². The molecule has 1 aromatic heterocycles. The molecule has 5 heteroatoms. The lowest BCUT2D eigenvalue weighted by molar-refractivity contribution is -0.120. The van der Waals surface area contributed by atoms with Crippen LogP contribution in [0.1, 0.15) is 53.8 Å². The van der Waals surface area contributed by atoms with Gasteiger partial charge in [0.15, 0.2) is 0 Å². The van der Waals surface area contributed by atoms with Gasteiger partial charge in [0.1, 0.15) is 10.9 Å². The summed E-state index contributed by atoms with van der Waals surface area (Å²) in [5, 5.41) is 4.93. The van der Waals surface area contributed by atoms with Gasteiger partial charge in [0.2, 0.25) is 5.91 Å². The molecule has 0 unspecified atom stereocenters. The number of hydrogen-bond donors (Lipinski definition) is 1. The number of benzene rings is 1. The monoisotopic (exact) mass is 345 g/mol. The van der Waals surface area contributed by atoms with Crippen LogP contribution >= 0.6 is 11.8 Å². The number of carbonyl (C=O) groups is 1. The summed E-state index contributed by atoms with van der Waals surface area (Å²) in [5.74, 6) is 1.19. The number of rotatable bonds is 5. The molecule has 0 spiro atoms. The van der Waals surface area contributed by atoms with E-state index in [-0.39, 0.29) is 16.9 Å².